The molecule has 0 saturated carbocycles. The molecule has 0 aromatic carbocycles. The van der Waals surface area contributed by atoms with Crippen LogP contribution in [-0.2, 0) is 0 Å². The largest absolute Gasteiger partial charge is 0.0935 e. The predicted molar refractivity (Wildman–Crippen MR) is 75.4 cm³/mol. The molecule has 0 bridgehead atoms. The van der Waals surface area contributed by atoms with Crippen LogP contribution in [-0.4, -0.2) is 25.2 Å². The Morgan fingerprint density at radius 2 is 0.733 bits per heavy atom. The first-order chi connectivity index (χ1) is 6.91. The maximum atomic E-state index is 2.78. The Hall–Kier alpha value is 0.261. The molecule has 0 saturated heterocycles. The van der Waals surface area contributed by atoms with E-state index < -0.39 is 0 Å². The lowest BCUT2D eigenvalue weighted by Gasteiger charge is -2.14. The number of hydrogen-bond donors (Lipinski definition) is 0. The summed E-state index contributed by atoms with van der Waals surface area (Å²) in [6.45, 7) is 14.5. The van der Waals surface area contributed by atoms with Gasteiger partial charge in [0.15, 0.2) is 0 Å². The van der Waals surface area contributed by atoms with E-state index in [1.165, 1.54) is 0 Å². The van der Waals surface area contributed by atoms with E-state index in [2.05, 4.69) is 57.4 Å². The Kier molecular flexibility index (Phi) is 4.93. The molecule has 1 heterocycles. The maximum absolute atomic E-state index is 2.78. The highest BCUT2D eigenvalue weighted by molar-refractivity contribution is 6.80. The fourth-order valence-corrected chi connectivity index (χ4v) is 17.6. The second kappa shape index (κ2) is 5.55. The third-order valence-corrected chi connectivity index (χ3v) is 15.0. The fraction of sp³-hybridized carbons (Fsp3) is 0.750. The third kappa shape index (κ3) is 3.64. The predicted octanol–water partition coefficient (Wildman–Crippen LogP) is 3.51. The summed E-state index contributed by atoms with van der Waals surface area (Å²) in [6.07, 6.45) is 0. The zero-order valence-electron chi connectivity index (χ0n) is 11.0. The van der Waals surface area contributed by atoms with Crippen LogP contribution in [0.5, 0.6) is 0 Å². The normalized spacial score (nSPS) is 11.8. The average molecular weight is 253 g/mol. The van der Waals surface area contributed by atoms with Gasteiger partial charge in [0.2, 0.25) is 0 Å². The lowest BCUT2D eigenvalue weighted by atomic mass is 10.6. The van der Waals surface area contributed by atoms with E-state index in [1.54, 1.807) is 0 Å². The van der Waals surface area contributed by atoms with Crippen molar-refractivity contribution in [3.8, 4) is 0 Å². The first-order valence-electron chi connectivity index (χ1n) is 6.06. The van der Waals surface area contributed by atoms with Crippen molar-refractivity contribution < 1.29 is 0 Å². The molecule has 15 heavy (non-hydrogen) atoms. The Balaban J connectivity index is 3.20. The van der Waals surface area contributed by atoms with Gasteiger partial charge in [0, 0.05) is 25.2 Å². The standard InChI is InChI=1S/C12H24Si3/c1-10(2)13-7-14(11(3)4)9-15(8-13)12(5)6/h7-12H,1-6H3. The minimum absolute atomic E-state index is 0.242. The van der Waals surface area contributed by atoms with Crippen molar-refractivity contribution in [2.24, 2.45) is 0 Å². The zero-order chi connectivity index (χ0) is 11.6. The van der Waals surface area contributed by atoms with E-state index in [4.69, 9.17) is 0 Å². The van der Waals surface area contributed by atoms with Gasteiger partial charge in [-0.3, -0.25) is 0 Å². The van der Waals surface area contributed by atoms with Gasteiger partial charge in [-0.05, 0) is 16.6 Å². The molecule has 1 rings (SSSR count). The smallest absolute Gasteiger partial charge is 0.0305 e. The first-order valence-corrected chi connectivity index (χ1v) is 11.3. The van der Waals surface area contributed by atoms with Gasteiger partial charge in [-0.2, -0.15) is 0 Å². The summed E-state index contributed by atoms with van der Waals surface area (Å²) in [7, 11) is -0.725. The quantitative estimate of drug-likeness (QED) is 0.722. The van der Waals surface area contributed by atoms with Crippen LogP contribution in [0.15, 0.2) is 15.9 Å². The lowest BCUT2D eigenvalue weighted by molar-refractivity contribution is 0.988. The van der Waals surface area contributed by atoms with Gasteiger partial charge in [0.1, 0.15) is 0 Å². The Morgan fingerprint density at radius 3 is 0.867 bits per heavy atom. The highest BCUT2D eigenvalue weighted by Crippen LogP contribution is 2.09. The van der Waals surface area contributed by atoms with Crippen LogP contribution in [0.1, 0.15) is 58.2 Å². The van der Waals surface area contributed by atoms with Gasteiger partial charge in [-0.1, -0.05) is 57.4 Å². The molecule has 0 aliphatic heterocycles. The average Bonchev–Trinajstić information content (AvgIpc) is 2.16. The molecule has 0 aliphatic rings. The Bertz CT molecular complexity index is 265. The molecule has 84 valence electrons. The van der Waals surface area contributed by atoms with Crippen LogP contribution in [0.25, 0.3) is 0 Å². The van der Waals surface area contributed by atoms with E-state index in [0.717, 1.165) is 16.6 Å². The first kappa shape index (κ1) is 13.3. The molecule has 1 aromatic rings. The molecule has 3 heteroatoms. The van der Waals surface area contributed by atoms with Crippen molar-refractivity contribution in [2.45, 2.75) is 58.2 Å². The van der Waals surface area contributed by atoms with Gasteiger partial charge in [0.25, 0.3) is 0 Å². The summed E-state index contributed by atoms with van der Waals surface area (Å²) in [6, 6.07) is 0. The van der Waals surface area contributed by atoms with Crippen molar-refractivity contribution in [3.63, 3.8) is 0 Å². The lowest BCUT2D eigenvalue weighted by Crippen LogP contribution is -2.20. The summed E-state index contributed by atoms with van der Waals surface area (Å²) in [5.41, 5.74) is 2.71. The summed E-state index contributed by atoms with van der Waals surface area (Å²) >= 11 is 0. The van der Waals surface area contributed by atoms with Crippen molar-refractivity contribution in [2.75, 3.05) is 0 Å². The maximum Gasteiger partial charge on any atom is 0.0305 e. The molecule has 0 nitrogen and oxygen atoms in total. The molecule has 0 fully saturated rings. The van der Waals surface area contributed by atoms with Crippen molar-refractivity contribution in [3.05, 3.63) is 15.9 Å². The van der Waals surface area contributed by atoms with Gasteiger partial charge in [0.05, 0.1) is 0 Å². The van der Waals surface area contributed by atoms with Crippen molar-refractivity contribution >= 4 is 25.2 Å². The molecule has 0 aliphatic carbocycles. The molecule has 0 spiro atoms. The molecular formula is C12H24Si3. The Labute approximate surface area is 99.3 Å². The Morgan fingerprint density at radius 1 is 0.533 bits per heavy atom. The minimum Gasteiger partial charge on any atom is -0.0935 e. The minimum atomic E-state index is -0.242. The monoisotopic (exact) mass is 252 g/mol. The topological polar surface area (TPSA) is 0 Å². The highest BCUT2D eigenvalue weighted by Gasteiger charge is 2.10. The summed E-state index contributed by atoms with van der Waals surface area (Å²) < 4.78 is 0. The number of hydrogen-bond acceptors (Lipinski definition) is 0. The molecule has 0 N–H and O–H groups in total. The summed E-state index contributed by atoms with van der Waals surface area (Å²) in [4.78, 5) is 0. The van der Waals surface area contributed by atoms with E-state index in [-0.39, 0.29) is 25.2 Å². The molecule has 1 aromatic heterocycles. The zero-order valence-corrected chi connectivity index (χ0v) is 14.0. The van der Waals surface area contributed by atoms with Crippen molar-refractivity contribution in [1.82, 2.24) is 0 Å². The van der Waals surface area contributed by atoms with Crippen LogP contribution >= 0.6 is 0 Å². The van der Waals surface area contributed by atoms with Crippen molar-refractivity contribution in [1.29, 1.82) is 0 Å². The summed E-state index contributed by atoms with van der Waals surface area (Å²) in [5.74, 6) is 0. The molecule has 0 atom stereocenters. The van der Waals surface area contributed by atoms with Crippen LogP contribution in [0.2, 0.25) is 0 Å². The molecular weight excluding hydrogens is 228 g/mol. The van der Waals surface area contributed by atoms with Gasteiger partial charge in [-0.15, -0.1) is 0 Å². The van der Waals surface area contributed by atoms with E-state index in [9.17, 15) is 0 Å². The van der Waals surface area contributed by atoms with Crippen LogP contribution in [0.3, 0.4) is 0 Å². The summed E-state index contributed by atoms with van der Waals surface area (Å²) in [5, 5.41) is 8.34. The van der Waals surface area contributed by atoms with E-state index >= 15 is 0 Å². The van der Waals surface area contributed by atoms with Crippen LogP contribution in [0, 0.1) is 0 Å². The van der Waals surface area contributed by atoms with E-state index in [0.29, 0.717) is 0 Å². The molecule has 0 amide bonds. The van der Waals surface area contributed by atoms with Gasteiger partial charge in [-0.25, -0.2) is 0 Å². The fourth-order valence-electron chi connectivity index (χ4n) is 1.70. The second-order valence-corrected chi connectivity index (χ2v) is 15.3. The van der Waals surface area contributed by atoms with Crippen LogP contribution < -0.4 is 0 Å². The highest BCUT2D eigenvalue weighted by atomic mass is 28.3. The van der Waals surface area contributed by atoms with Crippen LogP contribution in [0.4, 0.5) is 0 Å². The number of rotatable bonds is 3. The van der Waals surface area contributed by atoms with Gasteiger partial charge >= 0.3 is 0 Å². The SMILES string of the molecule is CC(C)[si]1c[si](C(C)C)c[si](C(C)C)c1. The third-order valence-electron chi connectivity index (χ3n) is 3.00. The van der Waals surface area contributed by atoms with E-state index in [1.807, 2.05) is 0 Å². The van der Waals surface area contributed by atoms with Gasteiger partial charge < -0.3 is 0 Å². The molecule has 0 unspecified atom stereocenters. The second-order valence-electron chi connectivity index (χ2n) is 5.40. The molecule has 0 radical (unpaired) electrons.